The highest BCUT2D eigenvalue weighted by molar-refractivity contribution is 5.88. The number of benzene rings is 2. The lowest BCUT2D eigenvalue weighted by Gasteiger charge is -2.55. The van der Waals surface area contributed by atoms with E-state index >= 15 is 0 Å². The van der Waals surface area contributed by atoms with Crippen LogP contribution in [-0.2, 0) is 4.74 Å². The predicted molar refractivity (Wildman–Crippen MR) is 131 cm³/mol. The molecule has 4 heterocycles. The number of hydrogen-bond donors (Lipinski definition) is 1. The topological polar surface area (TPSA) is 68.8 Å². The highest BCUT2D eigenvalue weighted by atomic mass is 16.5. The van der Waals surface area contributed by atoms with Gasteiger partial charge in [0.2, 0.25) is 0 Å². The Bertz CT molecular complexity index is 1340. The molecule has 2 saturated heterocycles. The van der Waals surface area contributed by atoms with Crippen LogP contribution in [0.2, 0.25) is 0 Å². The Morgan fingerprint density at radius 2 is 1.94 bits per heavy atom. The van der Waals surface area contributed by atoms with Crippen LogP contribution in [0.4, 0.5) is 0 Å². The lowest BCUT2D eigenvalue weighted by atomic mass is 9.78. The van der Waals surface area contributed by atoms with E-state index < -0.39 is 0 Å². The Morgan fingerprint density at radius 3 is 2.74 bits per heavy atom. The number of fused-ring (bicyclic) bond motifs is 2. The number of methoxy groups -OCH3 is 1. The van der Waals surface area contributed by atoms with Gasteiger partial charge in [0.05, 0.1) is 32.4 Å². The maximum atomic E-state index is 6.26. The zero-order chi connectivity index (χ0) is 23.1. The second kappa shape index (κ2) is 8.49. The van der Waals surface area contributed by atoms with E-state index in [0.29, 0.717) is 23.5 Å². The first-order valence-corrected chi connectivity index (χ1v) is 11.8. The Morgan fingerprint density at radius 1 is 1.06 bits per heavy atom. The standard InChI is InChI=1S/C27H29N3O4/c1-18-10-19-11-20(4-5-22(19)29-18)34-24-6-7-28-23-13-26(25(31-2)12-21(23)24)33-9-3-8-30-14-27(15-30)16-32-17-27/h4-7,10-13,29H,3,8-9,14-17H2,1-2H3. The minimum Gasteiger partial charge on any atom is -0.493 e. The predicted octanol–water partition coefficient (Wildman–Crippen LogP) is 4.93. The number of likely N-dealkylation sites (tertiary alicyclic amines) is 1. The van der Waals surface area contributed by atoms with E-state index in [1.54, 1.807) is 13.3 Å². The number of ether oxygens (including phenoxy) is 4. The number of aryl methyl sites for hydroxylation is 1. The minimum absolute atomic E-state index is 0.459. The Kier molecular flexibility index (Phi) is 5.31. The molecule has 1 N–H and O–H groups in total. The molecule has 7 heteroatoms. The van der Waals surface area contributed by atoms with E-state index in [2.05, 4.69) is 20.9 Å². The lowest BCUT2D eigenvalue weighted by molar-refractivity contribution is -0.189. The van der Waals surface area contributed by atoms with E-state index in [1.165, 1.54) is 0 Å². The van der Waals surface area contributed by atoms with Gasteiger partial charge < -0.3 is 28.8 Å². The molecular weight excluding hydrogens is 430 g/mol. The molecule has 0 radical (unpaired) electrons. The monoisotopic (exact) mass is 459 g/mol. The van der Waals surface area contributed by atoms with Gasteiger partial charge in [0, 0.05) is 59.3 Å². The third kappa shape index (κ3) is 3.95. The van der Waals surface area contributed by atoms with Crippen molar-refractivity contribution in [3.63, 3.8) is 0 Å². The molecule has 2 fully saturated rings. The van der Waals surface area contributed by atoms with Crippen molar-refractivity contribution in [2.75, 3.05) is 46.6 Å². The van der Waals surface area contributed by atoms with Gasteiger partial charge in [0.25, 0.3) is 0 Å². The number of rotatable bonds is 8. The number of aromatic nitrogens is 2. The van der Waals surface area contributed by atoms with Crippen molar-refractivity contribution in [1.82, 2.24) is 14.9 Å². The normalized spacial score (nSPS) is 17.0. The van der Waals surface area contributed by atoms with Crippen molar-refractivity contribution in [2.45, 2.75) is 13.3 Å². The molecule has 176 valence electrons. The minimum atomic E-state index is 0.459. The van der Waals surface area contributed by atoms with Crippen molar-refractivity contribution >= 4 is 21.8 Å². The smallest absolute Gasteiger partial charge is 0.163 e. The number of hydrogen-bond acceptors (Lipinski definition) is 6. The summed E-state index contributed by atoms with van der Waals surface area (Å²) in [5, 5.41) is 2.00. The third-order valence-corrected chi connectivity index (χ3v) is 6.75. The highest BCUT2D eigenvalue weighted by Gasteiger charge is 2.48. The van der Waals surface area contributed by atoms with Gasteiger partial charge in [-0.1, -0.05) is 0 Å². The summed E-state index contributed by atoms with van der Waals surface area (Å²) < 4.78 is 23.3. The van der Waals surface area contributed by atoms with Gasteiger partial charge in [-0.05, 0) is 49.7 Å². The molecular formula is C27H29N3O4. The maximum absolute atomic E-state index is 6.26. The van der Waals surface area contributed by atoms with Crippen LogP contribution >= 0.6 is 0 Å². The Labute approximate surface area is 198 Å². The van der Waals surface area contributed by atoms with Crippen molar-refractivity contribution in [2.24, 2.45) is 5.41 Å². The van der Waals surface area contributed by atoms with E-state index in [4.69, 9.17) is 18.9 Å². The SMILES string of the molecule is COc1cc2c(Oc3ccc4[nH]c(C)cc4c3)ccnc2cc1OCCCN1CC2(COC2)C1. The molecule has 0 atom stereocenters. The number of nitrogens with zero attached hydrogens (tertiary/aromatic N) is 2. The highest BCUT2D eigenvalue weighted by Crippen LogP contribution is 2.39. The van der Waals surface area contributed by atoms with Crippen LogP contribution in [0.3, 0.4) is 0 Å². The Hall–Kier alpha value is -3.29. The van der Waals surface area contributed by atoms with Crippen molar-refractivity contribution in [1.29, 1.82) is 0 Å². The third-order valence-electron chi connectivity index (χ3n) is 6.75. The van der Waals surface area contributed by atoms with Crippen LogP contribution in [0.15, 0.2) is 48.7 Å². The van der Waals surface area contributed by atoms with E-state index in [1.807, 2.05) is 43.3 Å². The fourth-order valence-corrected chi connectivity index (χ4v) is 5.04. The second-order valence-electron chi connectivity index (χ2n) is 9.54. The van der Waals surface area contributed by atoms with E-state index in [0.717, 1.165) is 78.3 Å². The Balaban J connectivity index is 1.15. The van der Waals surface area contributed by atoms with Crippen molar-refractivity contribution in [3.8, 4) is 23.0 Å². The summed E-state index contributed by atoms with van der Waals surface area (Å²) in [6, 6.07) is 13.9. The number of aromatic amines is 1. The zero-order valence-electron chi connectivity index (χ0n) is 19.6. The van der Waals surface area contributed by atoms with E-state index in [-0.39, 0.29) is 0 Å². The summed E-state index contributed by atoms with van der Waals surface area (Å²) in [5.41, 5.74) is 3.49. The molecule has 7 nitrogen and oxygen atoms in total. The fraction of sp³-hybridized carbons (Fsp3) is 0.370. The molecule has 0 amide bonds. The first-order chi connectivity index (χ1) is 16.6. The molecule has 0 unspecified atom stereocenters. The molecule has 2 aromatic carbocycles. The van der Waals surface area contributed by atoms with Crippen LogP contribution in [0.1, 0.15) is 12.1 Å². The van der Waals surface area contributed by atoms with Gasteiger partial charge in [0.15, 0.2) is 11.5 Å². The summed E-state index contributed by atoms with van der Waals surface area (Å²) in [5.74, 6) is 2.89. The maximum Gasteiger partial charge on any atom is 0.163 e. The first kappa shape index (κ1) is 21.3. The quantitative estimate of drug-likeness (QED) is 0.377. The average Bonchev–Trinajstić information content (AvgIpc) is 3.15. The largest absolute Gasteiger partial charge is 0.493 e. The zero-order valence-corrected chi connectivity index (χ0v) is 19.6. The molecule has 2 aromatic heterocycles. The molecule has 0 saturated carbocycles. The molecule has 0 bridgehead atoms. The fourth-order valence-electron chi connectivity index (χ4n) is 5.04. The lowest BCUT2D eigenvalue weighted by Crippen LogP contribution is -2.65. The molecule has 0 aliphatic carbocycles. The number of H-pyrrole nitrogens is 1. The first-order valence-electron chi connectivity index (χ1n) is 11.8. The molecule has 2 aliphatic heterocycles. The van der Waals surface area contributed by atoms with Crippen LogP contribution in [-0.4, -0.2) is 61.4 Å². The molecule has 1 spiro atoms. The second-order valence-corrected chi connectivity index (χ2v) is 9.54. The summed E-state index contributed by atoms with van der Waals surface area (Å²) in [4.78, 5) is 10.4. The summed E-state index contributed by atoms with van der Waals surface area (Å²) in [7, 11) is 1.66. The molecule has 2 aliphatic rings. The van der Waals surface area contributed by atoms with Crippen LogP contribution in [0, 0.1) is 12.3 Å². The van der Waals surface area contributed by atoms with Gasteiger partial charge >= 0.3 is 0 Å². The molecule has 6 rings (SSSR count). The average molecular weight is 460 g/mol. The summed E-state index contributed by atoms with van der Waals surface area (Å²) >= 11 is 0. The van der Waals surface area contributed by atoms with Crippen LogP contribution in [0.5, 0.6) is 23.0 Å². The molecule has 34 heavy (non-hydrogen) atoms. The van der Waals surface area contributed by atoms with Gasteiger partial charge in [0.1, 0.15) is 11.5 Å². The van der Waals surface area contributed by atoms with Crippen molar-refractivity contribution < 1.29 is 18.9 Å². The van der Waals surface area contributed by atoms with Gasteiger partial charge in [-0.2, -0.15) is 0 Å². The van der Waals surface area contributed by atoms with Crippen molar-refractivity contribution in [3.05, 3.63) is 54.4 Å². The number of pyridine rings is 1. The van der Waals surface area contributed by atoms with E-state index in [9.17, 15) is 0 Å². The van der Waals surface area contributed by atoms with Gasteiger partial charge in [-0.25, -0.2) is 0 Å². The summed E-state index contributed by atoms with van der Waals surface area (Å²) in [6.07, 6.45) is 2.73. The summed E-state index contributed by atoms with van der Waals surface area (Å²) in [6.45, 7) is 7.87. The number of nitrogens with one attached hydrogen (secondary N) is 1. The molecule has 4 aromatic rings. The van der Waals surface area contributed by atoms with Crippen LogP contribution in [0.25, 0.3) is 21.8 Å². The van der Waals surface area contributed by atoms with Gasteiger partial charge in [-0.3, -0.25) is 4.98 Å². The van der Waals surface area contributed by atoms with Gasteiger partial charge in [-0.15, -0.1) is 0 Å². The van der Waals surface area contributed by atoms with Crippen LogP contribution < -0.4 is 14.2 Å².